The molecule has 2 N–H and O–H groups in total. The van der Waals surface area contributed by atoms with Gasteiger partial charge in [-0.1, -0.05) is 31.8 Å². The van der Waals surface area contributed by atoms with Crippen LogP contribution < -0.4 is 5.73 Å². The maximum Gasteiger partial charge on any atom is 0.226 e. The Kier molecular flexibility index (Phi) is 3.28. The van der Waals surface area contributed by atoms with E-state index in [1.165, 1.54) is 12.8 Å². The molecular weight excluding hydrogens is 202 g/mol. The Morgan fingerprint density at radius 3 is 2.69 bits per heavy atom. The number of rotatable bonds is 4. The summed E-state index contributed by atoms with van der Waals surface area (Å²) in [5.74, 6) is 2.11. The lowest BCUT2D eigenvalue weighted by Crippen LogP contribution is -2.34. The van der Waals surface area contributed by atoms with Crippen molar-refractivity contribution in [3.8, 4) is 0 Å². The van der Waals surface area contributed by atoms with E-state index < -0.39 is 0 Å². The summed E-state index contributed by atoms with van der Waals surface area (Å²) in [4.78, 5) is 4.43. The monoisotopic (exact) mass is 223 g/mol. The predicted molar refractivity (Wildman–Crippen MR) is 61.8 cm³/mol. The molecule has 16 heavy (non-hydrogen) atoms. The number of hydrogen-bond donors (Lipinski definition) is 1. The molecule has 1 aromatic rings. The molecule has 0 aliphatic heterocycles. The first kappa shape index (κ1) is 11.6. The molecule has 0 radical (unpaired) electrons. The molecule has 1 aromatic heterocycles. The average Bonchev–Trinajstić information content (AvgIpc) is 2.84. The van der Waals surface area contributed by atoms with Gasteiger partial charge in [-0.3, -0.25) is 0 Å². The van der Waals surface area contributed by atoms with E-state index in [9.17, 15) is 0 Å². The Bertz CT molecular complexity index is 340. The Hall–Kier alpha value is -0.900. The second-order valence-corrected chi connectivity index (χ2v) is 5.31. The molecule has 1 saturated carbocycles. The van der Waals surface area contributed by atoms with Crippen molar-refractivity contribution in [2.75, 3.05) is 0 Å². The van der Waals surface area contributed by atoms with Gasteiger partial charge >= 0.3 is 0 Å². The van der Waals surface area contributed by atoms with Crippen molar-refractivity contribution in [1.29, 1.82) is 0 Å². The molecule has 1 aliphatic carbocycles. The van der Waals surface area contributed by atoms with Gasteiger partial charge in [0.05, 0.1) is 5.54 Å². The van der Waals surface area contributed by atoms with Crippen LogP contribution in [0, 0.1) is 5.92 Å². The van der Waals surface area contributed by atoms with Crippen molar-refractivity contribution >= 4 is 0 Å². The van der Waals surface area contributed by atoms with Crippen molar-refractivity contribution in [3.05, 3.63) is 11.7 Å². The van der Waals surface area contributed by atoms with Gasteiger partial charge < -0.3 is 10.3 Å². The third kappa shape index (κ3) is 2.43. The minimum atomic E-state index is -0.320. The first-order valence-electron chi connectivity index (χ1n) is 6.22. The van der Waals surface area contributed by atoms with Crippen molar-refractivity contribution in [3.63, 3.8) is 0 Å². The predicted octanol–water partition coefficient (Wildman–Crippen LogP) is 2.39. The molecule has 1 aliphatic rings. The van der Waals surface area contributed by atoms with Crippen LogP contribution in [-0.2, 0) is 12.0 Å². The first-order chi connectivity index (χ1) is 7.60. The molecule has 0 unspecified atom stereocenters. The van der Waals surface area contributed by atoms with Crippen LogP contribution in [0.3, 0.4) is 0 Å². The third-order valence-electron chi connectivity index (χ3n) is 3.34. The zero-order chi connectivity index (χ0) is 11.6. The van der Waals surface area contributed by atoms with Gasteiger partial charge in [0.1, 0.15) is 0 Å². The number of aryl methyl sites for hydroxylation is 1. The summed E-state index contributed by atoms with van der Waals surface area (Å²) >= 11 is 0. The van der Waals surface area contributed by atoms with Gasteiger partial charge in [0.2, 0.25) is 5.89 Å². The summed E-state index contributed by atoms with van der Waals surface area (Å²) in [6, 6.07) is 0. The minimum Gasteiger partial charge on any atom is -0.339 e. The van der Waals surface area contributed by atoms with Gasteiger partial charge in [0.15, 0.2) is 5.82 Å². The maximum absolute atomic E-state index is 6.26. The van der Waals surface area contributed by atoms with Crippen molar-refractivity contribution < 1.29 is 4.52 Å². The molecule has 90 valence electrons. The summed E-state index contributed by atoms with van der Waals surface area (Å²) < 4.78 is 5.25. The molecule has 1 heterocycles. The van der Waals surface area contributed by atoms with Gasteiger partial charge in [-0.2, -0.15) is 4.98 Å². The third-order valence-corrected chi connectivity index (χ3v) is 3.34. The Morgan fingerprint density at radius 2 is 2.06 bits per heavy atom. The standard InChI is InChI=1S/C12H21N3O/c1-9(2)5-6-10-14-11(15-16-10)12(13)7-3-4-8-12/h9H,3-8,13H2,1-2H3. The summed E-state index contributed by atoms with van der Waals surface area (Å²) in [6.45, 7) is 4.39. The van der Waals surface area contributed by atoms with E-state index in [0.717, 1.165) is 31.6 Å². The van der Waals surface area contributed by atoms with Crippen molar-refractivity contribution in [2.45, 2.75) is 57.9 Å². The van der Waals surface area contributed by atoms with E-state index in [1.54, 1.807) is 0 Å². The van der Waals surface area contributed by atoms with E-state index in [4.69, 9.17) is 10.3 Å². The van der Waals surface area contributed by atoms with E-state index in [-0.39, 0.29) is 5.54 Å². The quantitative estimate of drug-likeness (QED) is 0.851. The molecule has 0 spiro atoms. The fraction of sp³-hybridized carbons (Fsp3) is 0.833. The highest BCUT2D eigenvalue weighted by Crippen LogP contribution is 2.34. The van der Waals surface area contributed by atoms with Gasteiger partial charge in [0, 0.05) is 6.42 Å². The van der Waals surface area contributed by atoms with Crippen LogP contribution in [0.1, 0.15) is 57.7 Å². The molecule has 0 bridgehead atoms. The molecule has 1 fully saturated rings. The maximum atomic E-state index is 6.26. The van der Waals surface area contributed by atoms with Gasteiger partial charge in [-0.15, -0.1) is 0 Å². The van der Waals surface area contributed by atoms with Crippen LogP contribution in [0.25, 0.3) is 0 Å². The molecule has 0 aromatic carbocycles. The lowest BCUT2D eigenvalue weighted by atomic mass is 9.99. The fourth-order valence-electron chi connectivity index (χ4n) is 2.20. The molecule has 0 saturated heterocycles. The van der Waals surface area contributed by atoms with Crippen LogP contribution in [0.2, 0.25) is 0 Å². The van der Waals surface area contributed by atoms with Crippen molar-refractivity contribution in [2.24, 2.45) is 11.7 Å². The number of nitrogens with zero attached hydrogens (tertiary/aromatic N) is 2. The second-order valence-electron chi connectivity index (χ2n) is 5.31. The molecule has 4 nitrogen and oxygen atoms in total. The van der Waals surface area contributed by atoms with Crippen LogP contribution in [0.15, 0.2) is 4.52 Å². The smallest absolute Gasteiger partial charge is 0.226 e. The Morgan fingerprint density at radius 1 is 1.38 bits per heavy atom. The van der Waals surface area contributed by atoms with E-state index in [2.05, 4.69) is 24.0 Å². The molecular formula is C12H21N3O. The van der Waals surface area contributed by atoms with Crippen LogP contribution >= 0.6 is 0 Å². The molecule has 0 amide bonds. The summed E-state index contributed by atoms with van der Waals surface area (Å²) in [6.07, 6.45) is 6.25. The second kappa shape index (κ2) is 4.53. The van der Waals surface area contributed by atoms with Crippen LogP contribution in [0.5, 0.6) is 0 Å². The summed E-state index contributed by atoms with van der Waals surface area (Å²) in [5, 5.41) is 4.04. The minimum absolute atomic E-state index is 0.320. The highest BCUT2D eigenvalue weighted by Gasteiger charge is 2.35. The van der Waals surface area contributed by atoms with Gasteiger partial charge in [-0.25, -0.2) is 0 Å². The zero-order valence-corrected chi connectivity index (χ0v) is 10.2. The van der Waals surface area contributed by atoms with E-state index >= 15 is 0 Å². The molecule has 0 atom stereocenters. The fourth-order valence-corrected chi connectivity index (χ4v) is 2.20. The van der Waals surface area contributed by atoms with Crippen LogP contribution in [-0.4, -0.2) is 10.1 Å². The Labute approximate surface area is 96.6 Å². The van der Waals surface area contributed by atoms with E-state index in [1.807, 2.05) is 0 Å². The summed E-state index contributed by atoms with van der Waals surface area (Å²) in [7, 11) is 0. The van der Waals surface area contributed by atoms with Gasteiger partial charge in [0.25, 0.3) is 0 Å². The SMILES string of the molecule is CC(C)CCc1nc(C2(N)CCCC2)no1. The number of hydrogen-bond acceptors (Lipinski definition) is 4. The average molecular weight is 223 g/mol. The largest absolute Gasteiger partial charge is 0.339 e. The number of aromatic nitrogens is 2. The lowest BCUT2D eigenvalue weighted by Gasteiger charge is -2.17. The van der Waals surface area contributed by atoms with Crippen molar-refractivity contribution in [1.82, 2.24) is 10.1 Å². The summed E-state index contributed by atoms with van der Waals surface area (Å²) in [5.41, 5.74) is 5.94. The van der Waals surface area contributed by atoms with E-state index in [0.29, 0.717) is 11.7 Å². The number of nitrogens with two attached hydrogens (primary N) is 1. The highest BCUT2D eigenvalue weighted by atomic mass is 16.5. The first-order valence-corrected chi connectivity index (χ1v) is 6.22. The topological polar surface area (TPSA) is 64.9 Å². The highest BCUT2D eigenvalue weighted by molar-refractivity contribution is 5.06. The Balaban J connectivity index is 2.01. The van der Waals surface area contributed by atoms with Crippen LogP contribution in [0.4, 0.5) is 0 Å². The van der Waals surface area contributed by atoms with Gasteiger partial charge in [-0.05, 0) is 25.2 Å². The lowest BCUT2D eigenvalue weighted by molar-refractivity contribution is 0.343. The molecule has 4 heteroatoms. The zero-order valence-electron chi connectivity index (χ0n) is 10.2. The molecule has 2 rings (SSSR count). The normalized spacial score (nSPS) is 19.5.